The fourth-order valence-electron chi connectivity index (χ4n) is 3.63. The fourth-order valence-corrected chi connectivity index (χ4v) is 3.63. The molecule has 11 heteroatoms. The van der Waals surface area contributed by atoms with E-state index < -0.39 is 42.2 Å². The van der Waals surface area contributed by atoms with Gasteiger partial charge in [0.2, 0.25) is 11.8 Å². The zero-order chi connectivity index (χ0) is 25.3. The Labute approximate surface area is 198 Å². The maximum absolute atomic E-state index is 12.8. The van der Waals surface area contributed by atoms with E-state index in [0.29, 0.717) is 5.56 Å². The third-order valence-electron chi connectivity index (χ3n) is 5.54. The van der Waals surface area contributed by atoms with Crippen LogP contribution in [0.1, 0.15) is 28.8 Å². The summed E-state index contributed by atoms with van der Waals surface area (Å²) in [5.41, 5.74) is 1.50. The summed E-state index contributed by atoms with van der Waals surface area (Å²) in [4.78, 5) is 65.2. The zero-order valence-electron chi connectivity index (χ0n) is 19.8. The highest BCUT2D eigenvalue weighted by molar-refractivity contribution is 5.97. The van der Waals surface area contributed by atoms with Gasteiger partial charge in [0.05, 0.1) is 13.7 Å². The quantitative estimate of drug-likeness (QED) is 0.412. The molecule has 0 spiro atoms. The summed E-state index contributed by atoms with van der Waals surface area (Å²) in [5.74, 6) is -3.17. The van der Waals surface area contributed by atoms with Gasteiger partial charge in [0.1, 0.15) is 12.6 Å². The van der Waals surface area contributed by atoms with E-state index in [9.17, 15) is 24.0 Å². The molecule has 0 radical (unpaired) electrons. The van der Waals surface area contributed by atoms with Gasteiger partial charge in [0.15, 0.2) is 0 Å². The number of amides is 3. The minimum Gasteiger partial charge on any atom is -0.480 e. The van der Waals surface area contributed by atoms with Crippen molar-refractivity contribution in [3.05, 3.63) is 35.4 Å². The van der Waals surface area contributed by atoms with Gasteiger partial charge in [-0.1, -0.05) is 12.1 Å². The molecule has 2 N–H and O–H groups in total. The number of carbonyl (C=O) groups is 5. The number of rotatable bonds is 11. The fraction of sp³-hybridized carbons (Fsp3) is 0.522. The van der Waals surface area contributed by atoms with Crippen LogP contribution < -0.4 is 5.32 Å². The average Bonchev–Trinajstić information content (AvgIpc) is 2.81. The number of benzene rings is 1. The van der Waals surface area contributed by atoms with Crippen LogP contribution in [0.3, 0.4) is 0 Å². The van der Waals surface area contributed by atoms with E-state index in [4.69, 9.17) is 5.11 Å². The highest BCUT2D eigenvalue weighted by Gasteiger charge is 2.38. The molecule has 1 saturated heterocycles. The Morgan fingerprint density at radius 1 is 1.15 bits per heavy atom. The molecule has 1 aliphatic heterocycles. The van der Waals surface area contributed by atoms with Gasteiger partial charge in [-0.25, -0.2) is 0 Å². The van der Waals surface area contributed by atoms with Crippen molar-refractivity contribution >= 4 is 29.7 Å². The first-order chi connectivity index (χ1) is 16.1. The topological polar surface area (TPSA) is 137 Å². The van der Waals surface area contributed by atoms with Crippen molar-refractivity contribution in [2.75, 3.05) is 53.9 Å². The van der Waals surface area contributed by atoms with Gasteiger partial charge in [-0.3, -0.25) is 24.0 Å². The number of esters is 1. The first-order valence-corrected chi connectivity index (χ1v) is 11.0. The standard InChI is InChI=1S/C23H32N4O7/c1-25(2)11-10-16-4-6-17(7-5-16)22(32)24-14-19(28)27-13-12-26(15-20(29)30)23(33)18(27)8-9-21(31)34-3/h4-7,18H,8-15H2,1-3H3,(H,24,32)(H,29,30)/t18-/m0/s1. The molecule has 0 aliphatic carbocycles. The Hall–Kier alpha value is -3.47. The summed E-state index contributed by atoms with van der Waals surface area (Å²) in [5, 5.41) is 11.6. The third-order valence-corrected chi connectivity index (χ3v) is 5.54. The molecule has 11 nitrogen and oxygen atoms in total. The lowest BCUT2D eigenvalue weighted by Crippen LogP contribution is -2.60. The molecule has 1 fully saturated rings. The van der Waals surface area contributed by atoms with Crippen LogP contribution in [0, 0.1) is 0 Å². The van der Waals surface area contributed by atoms with E-state index in [2.05, 4.69) is 15.0 Å². The summed E-state index contributed by atoms with van der Waals surface area (Å²) in [7, 11) is 5.19. The number of nitrogens with one attached hydrogen (secondary N) is 1. The molecule has 1 heterocycles. The van der Waals surface area contributed by atoms with E-state index in [-0.39, 0.29) is 32.5 Å². The van der Waals surface area contributed by atoms with Gasteiger partial charge in [-0.2, -0.15) is 0 Å². The maximum atomic E-state index is 12.8. The molecule has 0 unspecified atom stereocenters. The third kappa shape index (κ3) is 7.84. The number of carbonyl (C=O) groups excluding carboxylic acids is 4. The van der Waals surface area contributed by atoms with E-state index in [1.54, 1.807) is 12.1 Å². The Morgan fingerprint density at radius 2 is 1.82 bits per heavy atom. The predicted octanol–water partition coefficient (Wildman–Crippen LogP) is -0.402. The van der Waals surface area contributed by atoms with Crippen molar-refractivity contribution in [2.24, 2.45) is 0 Å². The summed E-state index contributed by atoms with van der Waals surface area (Å²) in [6.45, 7) is 0.211. The smallest absolute Gasteiger partial charge is 0.323 e. The molecule has 0 aromatic heterocycles. The Kier molecular flexibility index (Phi) is 9.99. The number of hydrogen-bond acceptors (Lipinski definition) is 7. The monoisotopic (exact) mass is 476 g/mol. The van der Waals surface area contributed by atoms with Crippen LogP contribution >= 0.6 is 0 Å². The number of aliphatic carboxylic acids is 1. The highest BCUT2D eigenvalue weighted by Crippen LogP contribution is 2.17. The van der Waals surface area contributed by atoms with Gasteiger partial charge in [-0.15, -0.1) is 0 Å². The molecule has 0 bridgehead atoms. The van der Waals surface area contributed by atoms with Crippen LogP contribution in [0.5, 0.6) is 0 Å². The van der Waals surface area contributed by atoms with Crippen LogP contribution in [0.25, 0.3) is 0 Å². The average molecular weight is 477 g/mol. The van der Waals surface area contributed by atoms with Crippen LogP contribution in [-0.2, 0) is 30.3 Å². The van der Waals surface area contributed by atoms with E-state index in [1.165, 1.54) is 12.0 Å². The van der Waals surface area contributed by atoms with Gasteiger partial charge < -0.3 is 29.9 Å². The maximum Gasteiger partial charge on any atom is 0.323 e. The SMILES string of the molecule is COC(=O)CC[C@H]1C(=O)N(CC(=O)O)CCN1C(=O)CNC(=O)c1ccc(CCN(C)C)cc1. The van der Waals surface area contributed by atoms with E-state index in [0.717, 1.165) is 23.4 Å². The molecule has 0 saturated carbocycles. The molecule has 2 rings (SSSR count). The van der Waals surface area contributed by atoms with Crippen LogP contribution in [-0.4, -0.2) is 109 Å². The second-order valence-corrected chi connectivity index (χ2v) is 8.30. The molecular formula is C23H32N4O7. The highest BCUT2D eigenvalue weighted by atomic mass is 16.5. The van der Waals surface area contributed by atoms with Crippen LogP contribution in [0.15, 0.2) is 24.3 Å². The number of carboxylic acid groups (broad SMARTS) is 1. The van der Waals surface area contributed by atoms with Gasteiger partial charge >= 0.3 is 11.9 Å². The van der Waals surface area contributed by atoms with Crippen LogP contribution in [0.2, 0.25) is 0 Å². The van der Waals surface area contributed by atoms with Crippen molar-refractivity contribution in [2.45, 2.75) is 25.3 Å². The molecule has 1 atom stereocenters. The molecular weight excluding hydrogens is 444 g/mol. The Balaban J connectivity index is 1.99. The number of piperazine rings is 1. The minimum atomic E-state index is -1.17. The minimum absolute atomic E-state index is 0.00424. The number of hydrogen-bond donors (Lipinski definition) is 2. The first kappa shape index (κ1) is 26.8. The van der Waals surface area contributed by atoms with Gasteiger partial charge in [0, 0.05) is 31.6 Å². The summed E-state index contributed by atoms with van der Waals surface area (Å²) < 4.78 is 4.61. The predicted molar refractivity (Wildman–Crippen MR) is 122 cm³/mol. The number of methoxy groups -OCH3 is 1. The lowest BCUT2D eigenvalue weighted by Gasteiger charge is -2.40. The zero-order valence-corrected chi connectivity index (χ0v) is 19.8. The Bertz CT molecular complexity index is 901. The summed E-state index contributed by atoms with van der Waals surface area (Å²) in [6.07, 6.45) is 0.738. The largest absolute Gasteiger partial charge is 0.480 e. The first-order valence-electron chi connectivity index (χ1n) is 11.0. The van der Waals surface area contributed by atoms with Gasteiger partial charge in [-0.05, 0) is 44.6 Å². The number of likely N-dealkylation sites (N-methyl/N-ethyl adjacent to an activating group) is 1. The normalized spacial score (nSPS) is 15.9. The van der Waals surface area contributed by atoms with Gasteiger partial charge in [0.25, 0.3) is 5.91 Å². The van der Waals surface area contributed by atoms with Crippen LogP contribution in [0.4, 0.5) is 0 Å². The van der Waals surface area contributed by atoms with Crippen molar-refractivity contribution in [3.63, 3.8) is 0 Å². The van der Waals surface area contributed by atoms with E-state index in [1.807, 2.05) is 26.2 Å². The summed E-state index contributed by atoms with van der Waals surface area (Å²) in [6, 6.07) is 6.11. The lowest BCUT2D eigenvalue weighted by molar-refractivity contribution is -0.156. The number of nitrogens with zero attached hydrogens (tertiary/aromatic N) is 3. The number of ether oxygens (including phenoxy) is 1. The molecule has 3 amide bonds. The van der Waals surface area contributed by atoms with Crippen molar-refractivity contribution in [3.8, 4) is 0 Å². The summed E-state index contributed by atoms with van der Waals surface area (Å²) >= 11 is 0. The second kappa shape index (κ2) is 12.7. The number of carboxylic acids is 1. The van der Waals surface area contributed by atoms with E-state index >= 15 is 0 Å². The molecule has 186 valence electrons. The second-order valence-electron chi connectivity index (χ2n) is 8.30. The van der Waals surface area contributed by atoms with Crippen molar-refractivity contribution in [1.29, 1.82) is 0 Å². The molecule has 34 heavy (non-hydrogen) atoms. The van der Waals surface area contributed by atoms with Crippen molar-refractivity contribution in [1.82, 2.24) is 20.0 Å². The van der Waals surface area contributed by atoms with Crippen molar-refractivity contribution < 1.29 is 33.8 Å². The Morgan fingerprint density at radius 3 is 2.41 bits per heavy atom. The molecule has 1 aromatic carbocycles. The molecule has 1 aromatic rings. The molecule has 1 aliphatic rings. The lowest BCUT2D eigenvalue weighted by atomic mass is 10.0.